The fourth-order valence-electron chi connectivity index (χ4n) is 2.36. The number of halogens is 1. The Balaban J connectivity index is 1.63. The summed E-state index contributed by atoms with van der Waals surface area (Å²) in [6, 6.07) is 11.4. The van der Waals surface area contributed by atoms with Crippen LogP contribution in [0.4, 0.5) is 0 Å². The average Bonchev–Trinajstić information content (AvgIpc) is 3.17. The molecular weight excluding hydrogens is 314 g/mol. The number of nitrogens with zero attached hydrogens (tertiary/aromatic N) is 5. The SMILES string of the molecule is Cc1nnc2ccc(-c3noc(Cc4ccc(Cl)cc4)n3)cn12. The van der Waals surface area contributed by atoms with E-state index in [1.165, 1.54) is 0 Å². The van der Waals surface area contributed by atoms with E-state index in [1.807, 2.05) is 53.9 Å². The monoisotopic (exact) mass is 325 g/mol. The van der Waals surface area contributed by atoms with E-state index in [4.69, 9.17) is 16.1 Å². The molecule has 23 heavy (non-hydrogen) atoms. The Kier molecular flexibility index (Phi) is 3.31. The van der Waals surface area contributed by atoms with Crippen molar-refractivity contribution in [3.8, 4) is 11.4 Å². The van der Waals surface area contributed by atoms with Gasteiger partial charge in [-0.1, -0.05) is 28.9 Å². The lowest BCUT2D eigenvalue weighted by molar-refractivity contribution is 0.385. The summed E-state index contributed by atoms with van der Waals surface area (Å²) in [5, 5.41) is 12.9. The van der Waals surface area contributed by atoms with Crippen LogP contribution in [0, 0.1) is 6.92 Å². The molecule has 0 amide bonds. The molecule has 0 aliphatic carbocycles. The van der Waals surface area contributed by atoms with Crippen LogP contribution in [0.3, 0.4) is 0 Å². The molecule has 0 unspecified atom stereocenters. The Morgan fingerprint density at radius 1 is 1.09 bits per heavy atom. The standard InChI is InChI=1S/C16H12ClN5O/c1-10-19-20-14-7-4-12(9-22(10)14)16-18-15(23-21-16)8-11-2-5-13(17)6-3-11/h2-7,9H,8H2,1H3. The highest BCUT2D eigenvalue weighted by molar-refractivity contribution is 6.30. The molecule has 6 nitrogen and oxygen atoms in total. The normalized spacial score (nSPS) is 11.2. The minimum Gasteiger partial charge on any atom is -0.339 e. The van der Waals surface area contributed by atoms with Crippen LogP contribution in [0.1, 0.15) is 17.3 Å². The van der Waals surface area contributed by atoms with Crippen molar-refractivity contribution < 1.29 is 4.52 Å². The number of benzene rings is 1. The van der Waals surface area contributed by atoms with Crippen LogP contribution < -0.4 is 0 Å². The first-order chi connectivity index (χ1) is 11.2. The number of hydrogen-bond donors (Lipinski definition) is 0. The maximum atomic E-state index is 5.89. The molecular formula is C16H12ClN5O. The van der Waals surface area contributed by atoms with Crippen LogP contribution >= 0.6 is 11.6 Å². The van der Waals surface area contributed by atoms with Crippen molar-refractivity contribution in [3.63, 3.8) is 0 Å². The molecule has 0 atom stereocenters. The van der Waals surface area contributed by atoms with Gasteiger partial charge in [-0.3, -0.25) is 4.40 Å². The van der Waals surface area contributed by atoms with E-state index in [0.717, 1.165) is 22.6 Å². The van der Waals surface area contributed by atoms with Gasteiger partial charge in [0.1, 0.15) is 5.82 Å². The summed E-state index contributed by atoms with van der Waals surface area (Å²) in [7, 11) is 0. The van der Waals surface area contributed by atoms with Gasteiger partial charge in [0.05, 0.1) is 6.42 Å². The highest BCUT2D eigenvalue weighted by Crippen LogP contribution is 2.19. The third kappa shape index (κ3) is 2.68. The van der Waals surface area contributed by atoms with Gasteiger partial charge in [0, 0.05) is 16.8 Å². The molecule has 1 aromatic carbocycles. The maximum Gasteiger partial charge on any atom is 0.231 e. The topological polar surface area (TPSA) is 69.1 Å². The first kappa shape index (κ1) is 13.9. The molecule has 0 aliphatic rings. The molecule has 0 spiro atoms. The molecule has 0 N–H and O–H groups in total. The summed E-state index contributed by atoms with van der Waals surface area (Å²) in [5.74, 6) is 1.92. The smallest absolute Gasteiger partial charge is 0.231 e. The van der Waals surface area contributed by atoms with Crippen LogP contribution in [0.5, 0.6) is 0 Å². The Morgan fingerprint density at radius 2 is 1.91 bits per heavy atom. The van der Waals surface area contributed by atoms with Crippen LogP contribution in [0.2, 0.25) is 5.02 Å². The van der Waals surface area contributed by atoms with Gasteiger partial charge in [-0.15, -0.1) is 10.2 Å². The molecule has 7 heteroatoms. The Labute approximate surface area is 136 Å². The number of aryl methyl sites for hydroxylation is 1. The van der Waals surface area contributed by atoms with E-state index in [2.05, 4.69) is 20.3 Å². The van der Waals surface area contributed by atoms with Crippen molar-refractivity contribution in [1.82, 2.24) is 24.7 Å². The van der Waals surface area contributed by atoms with Crippen molar-refractivity contribution in [3.05, 3.63) is 64.9 Å². The predicted octanol–water partition coefficient (Wildman–Crippen LogP) is 3.33. The first-order valence-electron chi connectivity index (χ1n) is 7.08. The summed E-state index contributed by atoms with van der Waals surface area (Å²) in [5.41, 5.74) is 2.71. The molecule has 0 saturated heterocycles. The van der Waals surface area contributed by atoms with Gasteiger partial charge in [0.2, 0.25) is 11.7 Å². The Bertz CT molecular complexity index is 974. The van der Waals surface area contributed by atoms with E-state index in [9.17, 15) is 0 Å². The minimum atomic E-state index is 0.545. The molecule has 0 fully saturated rings. The van der Waals surface area contributed by atoms with Gasteiger partial charge in [-0.2, -0.15) is 4.98 Å². The molecule has 0 aliphatic heterocycles. The van der Waals surface area contributed by atoms with E-state index in [1.54, 1.807) is 0 Å². The second-order valence-electron chi connectivity index (χ2n) is 5.21. The maximum absolute atomic E-state index is 5.89. The van der Waals surface area contributed by atoms with Crippen molar-refractivity contribution in [2.24, 2.45) is 0 Å². The summed E-state index contributed by atoms with van der Waals surface area (Å²) in [6.45, 7) is 1.89. The summed E-state index contributed by atoms with van der Waals surface area (Å²) < 4.78 is 7.24. The molecule has 4 aromatic rings. The highest BCUT2D eigenvalue weighted by Gasteiger charge is 2.11. The van der Waals surface area contributed by atoms with E-state index < -0.39 is 0 Å². The van der Waals surface area contributed by atoms with Gasteiger partial charge >= 0.3 is 0 Å². The molecule has 0 radical (unpaired) electrons. The van der Waals surface area contributed by atoms with Gasteiger partial charge in [-0.25, -0.2) is 0 Å². The van der Waals surface area contributed by atoms with Crippen LogP contribution in [0.15, 0.2) is 47.1 Å². The van der Waals surface area contributed by atoms with E-state index in [0.29, 0.717) is 23.2 Å². The molecule has 4 rings (SSSR count). The first-order valence-corrected chi connectivity index (χ1v) is 7.45. The number of fused-ring (bicyclic) bond motifs is 1. The highest BCUT2D eigenvalue weighted by atomic mass is 35.5. The molecule has 0 saturated carbocycles. The molecule has 114 valence electrons. The van der Waals surface area contributed by atoms with Crippen LogP contribution in [0.25, 0.3) is 17.0 Å². The predicted molar refractivity (Wildman–Crippen MR) is 85.3 cm³/mol. The average molecular weight is 326 g/mol. The lowest BCUT2D eigenvalue weighted by Gasteiger charge is -1.98. The van der Waals surface area contributed by atoms with Crippen molar-refractivity contribution in [1.29, 1.82) is 0 Å². The molecule has 0 bridgehead atoms. The number of aromatic nitrogens is 5. The van der Waals surface area contributed by atoms with Gasteiger partial charge in [0.15, 0.2) is 5.65 Å². The van der Waals surface area contributed by atoms with Crippen molar-refractivity contribution in [2.75, 3.05) is 0 Å². The Hall–Kier alpha value is -2.73. The quantitative estimate of drug-likeness (QED) is 0.578. The van der Waals surface area contributed by atoms with Crippen LogP contribution in [-0.4, -0.2) is 24.7 Å². The van der Waals surface area contributed by atoms with Gasteiger partial charge < -0.3 is 4.52 Å². The second-order valence-corrected chi connectivity index (χ2v) is 5.64. The number of pyridine rings is 1. The summed E-state index contributed by atoms with van der Waals surface area (Å²) >= 11 is 5.89. The third-order valence-corrected chi connectivity index (χ3v) is 3.82. The summed E-state index contributed by atoms with van der Waals surface area (Å²) in [4.78, 5) is 4.45. The van der Waals surface area contributed by atoms with Crippen molar-refractivity contribution in [2.45, 2.75) is 13.3 Å². The number of hydrogen-bond acceptors (Lipinski definition) is 5. The fraction of sp³-hybridized carbons (Fsp3) is 0.125. The zero-order valence-electron chi connectivity index (χ0n) is 12.3. The largest absolute Gasteiger partial charge is 0.339 e. The van der Waals surface area contributed by atoms with Gasteiger partial charge in [0.25, 0.3) is 0 Å². The lowest BCUT2D eigenvalue weighted by Crippen LogP contribution is -1.91. The van der Waals surface area contributed by atoms with E-state index >= 15 is 0 Å². The second kappa shape index (κ2) is 5.48. The Morgan fingerprint density at radius 3 is 2.74 bits per heavy atom. The van der Waals surface area contributed by atoms with Crippen molar-refractivity contribution >= 4 is 17.2 Å². The van der Waals surface area contributed by atoms with E-state index in [-0.39, 0.29) is 0 Å². The zero-order chi connectivity index (χ0) is 15.8. The minimum absolute atomic E-state index is 0.545. The lowest BCUT2D eigenvalue weighted by atomic mass is 10.1. The fourth-order valence-corrected chi connectivity index (χ4v) is 2.48. The molecule has 3 heterocycles. The van der Waals surface area contributed by atoms with Gasteiger partial charge in [-0.05, 0) is 36.8 Å². The van der Waals surface area contributed by atoms with Crippen LogP contribution in [-0.2, 0) is 6.42 Å². The zero-order valence-corrected chi connectivity index (χ0v) is 13.0. The molecule has 3 aromatic heterocycles. The number of rotatable bonds is 3. The third-order valence-electron chi connectivity index (χ3n) is 3.57. The summed E-state index contributed by atoms with van der Waals surface area (Å²) in [6.07, 6.45) is 2.47.